The van der Waals surface area contributed by atoms with Crippen LogP contribution in [0.4, 0.5) is 8.78 Å². The monoisotopic (exact) mass is 517 g/mol. The van der Waals surface area contributed by atoms with Gasteiger partial charge in [-0.3, -0.25) is 9.88 Å². The van der Waals surface area contributed by atoms with E-state index in [0.717, 1.165) is 42.9 Å². The first-order chi connectivity index (χ1) is 18.2. The normalized spacial score (nSPS) is 20.2. The molecule has 9 heteroatoms. The molecule has 2 aliphatic rings. The van der Waals surface area contributed by atoms with Crippen LogP contribution < -0.4 is 0 Å². The van der Waals surface area contributed by atoms with Gasteiger partial charge in [0, 0.05) is 68.0 Å². The fourth-order valence-corrected chi connectivity index (χ4v) is 6.30. The zero-order valence-corrected chi connectivity index (χ0v) is 22.3. The van der Waals surface area contributed by atoms with Gasteiger partial charge in [-0.2, -0.15) is 0 Å². The maximum Gasteiger partial charge on any atom is 0.151 e. The molecule has 0 spiro atoms. The minimum absolute atomic E-state index is 0.0967. The summed E-state index contributed by atoms with van der Waals surface area (Å²) in [6.07, 6.45) is 5.31. The molecule has 1 aromatic carbocycles. The third-order valence-corrected chi connectivity index (χ3v) is 7.91. The second kappa shape index (κ2) is 9.78. The third kappa shape index (κ3) is 4.69. The summed E-state index contributed by atoms with van der Waals surface area (Å²) in [7, 11) is 2.20. The molecular weight excluding hydrogens is 484 g/mol. The minimum Gasteiger partial charge on any atom is -0.326 e. The molecule has 6 rings (SSSR count). The van der Waals surface area contributed by atoms with Crippen LogP contribution in [0.3, 0.4) is 0 Å². The number of likely N-dealkylation sites (tertiary alicyclic amines) is 2. The molecule has 0 aliphatic carbocycles. The highest BCUT2D eigenvalue weighted by molar-refractivity contribution is 5.83. The summed E-state index contributed by atoms with van der Waals surface area (Å²) in [4.78, 5) is 22.7. The van der Waals surface area contributed by atoms with Gasteiger partial charge in [-0.05, 0) is 63.4 Å². The largest absolute Gasteiger partial charge is 0.326 e. The van der Waals surface area contributed by atoms with Crippen LogP contribution in [0.1, 0.15) is 42.8 Å². The molecule has 7 nitrogen and oxygen atoms in total. The average Bonchev–Trinajstić information content (AvgIpc) is 3.51. The van der Waals surface area contributed by atoms with Gasteiger partial charge in [0.2, 0.25) is 0 Å². The van der Waals surface area contributed by atoms with Crippen LogP contribution >= 0.6 is 0 Å². The van der Waals surface area contributed by atoms with E-state index in [1.165, 1.54) is 25.4 Å². The van der Waals surface area contributed by atoms with E-state index in [2.05, 4.69) is 36.8 Å². The summed E-state index contributed by atoms with van der Waals surface area (Å²) >= 11 is 0. The lowest BCUT2D eigenvalue weighted by Gasteiger charge is -2.18. The van der Waals surface area contributed by atoms with E-state index in [-0.39, 0.29) is 6.04 Å². The number of hydrogen-bond donors (Lipinski definition) is 0. The van der Waals surface area contributed by atoms with Gasteiger partial charge in [0.1, 0.15) is 23.0 Å². The van der Waals surface area contributed by atoms with E-state index in [9.17, 15) is 8.78 Å². The van der Waals surface area contributed by atoms with Gasteiger partial charge in [-0.25, -0.2) is 23.7 Å². The predicted octanol–water partition coefficient (Wildman–Crippen LogP) is 4.64. The summed E-state index contributed by atoms with van der Waals surface area (Å²) in [5.74, 6) is 1.91. The molecule has 5 heterocycles. The summed E-state index contributed by atoms with van der Waals surface area (Å²) < 4.78 is 31.9. The quantitative estimate of drug-likeness (QED) is 0.371. The molecule has 2 atom stereocenters. The first-order valence-corrected chi connectivity index (χ1v) is 13.3. The van der Waals surface area contributed by atoms with Crippen molar-refractivity contribution in [1.29, 1.82) is 0 Å². The average molecular weight is 518 g/mol. The van der Waals surface area contributed by atoms with Crippen LogP contribution in [0.15, 0.2) is 36.8 Å². The lowest BCUT2D eigenvalue weighted by Crippen LogP contribution is -2.26. The fourth-order valence-electron chi connectivity index (χ4n) is 6.30. The van der Waals surface area contributed by atoms with Crippen molar-refractivity contribution in [1.82, 2.24) is 34.3 Å². The van der Waals surface area contributed by atoms with E-state index >= 15 is 0 Å². The van der Waals surface area contributed by atoms with E-state index in [4.69, 9.17) is 0 Å². The predicted molar refractivity (Wildman–Crippen MR) is 143 cm³/mol. The Kier molecular flexibility index (Phi) is 6.44. The van der Waals surface area contributed by atoms with Crippen molar-refractivity contribution in [3.63, 3.8) is 0 Å². The topological polar surface area (TPSA) is 63.0 Å². The first kappa shape index (κ1) is 25.0. The van der Waals surface area contributed by atoms with Crippen molar-refractivity contribution >= 4 is 11.0 Å². The first-order valence-electron chi connectivity index (χ1n) is 13.3. The van der Waals surface area contributed by atoms with E-state index in [1.807, 2.05) is 37.7 Å². The Balaban J connectivity index is 1.20. The molecule has 2 saturated heterocycles. The molecule has 0 radical (unpaired) electrons. The SMILES string of the molecule is Cc1nc2c(F)cc(-c3cc(Cc4ncc(CN5CC6CN(C)CC6C5)cn4)ncc3F)cc2n1C(C)C. The standard InChI is InChI=1S/C29H33F2N7/c1-17(2)38-18(3)35-29-25(30)5-20(6-27(29)38)24-7-23(32-11-26(24)31)8-28-33-9-19(10-34-28)12-37-15-21-13-36(4)14-22(21)16-37/h5-7,9-11,17,21-22H,8,12-16H2,1-4H3. The molecule has 0 saturated carbocycles. The molecule has 0 bridgehead atoms. The third-order valence-electron chi connectivity index (χ3n) is 7.91. The van der Waals surface area contributed by atoms with Crippen LogP contribution in [-0.2, 0) is 13.0 Å². The molecule has 38 heavy (non-hydrogen) atoms. The van der Waals surface area contributed by atoms with Crippen LogP contribution in [-0.4, -0.2) is 67.5 Å². The van der Waals surface area contributed by atoms with Gasteiger partial charge < -0.3 is 9.47 Å². The Bertz CT molecular complexity index is 1470. The Hall–Kier alpha value is -3.30. The Morgan fingerprint density at radius 2 is 1.63 bits per heavy atom. The van der Waals surface area contributed by atoms with Gasteiger partial charge in [0.15, 0.2) is 5.82 Å². The van der Waals surface area contributed by atoms with Crippen molar-refractivity contribution in [3.8, 4) is 11.1 Å². The van der Waals surface area contributed by atoms with Crippen LogP contribution in [0.5, 0.6) is 0 Å². The summed E-state index contributed by atoms with van der Waals surface area (Å²) in [5.41, 5.74) is 3.42. The zero-order valence-electron chi connectivity index (χ0n) is 22.3. The van der Waals surface area contributed by atoms with Gasteiger partial charge in [-0.15, -0.1) is 0 Å². The highest BCUT2D eigenvalue weighted by Gasteiger charge is 2.38. The van der Waals surface area contributed by atoms with Crippen molar-refractivity contribution in [2.24, 2.45) is 11.8 Å². The lowest BCUT2D eigenvalue weighted by molar-refractivity contribution is 0.271. The Morgan fingerprint density at radius 3 is 2.32 bits per heavy atom. The lowest BCUT2D eigenvalue weighted by atomic mass is 10.0. The number of aromatic nitrogens is 5. The van der Waals surface area contributed by atoms with E-state index in [0.29, 0.717) is 40.1 Å². The second-order valence-corrected chi connectivity index (χ2v) is 11.2. The van der Waals surface area contributed by atoms with Gasteiger partial charge in [0.25, 0.3) is 0 Å². The van der Waals surface area contributed by atoms with Crippen molar-refractivity contribution in [2.75, 3.05) is 33.2 Å². The number of aryl methyl sites for hydroxylation is 1. The molecular formula is C29H33F2N7. The van der Waals surface area contributed by atoms with E-state index < -0.39 is 11.6 Å². The number of fused-ring (bicyclic) bond motifs is 2. The molecule has 4 aromatic rings. The van der Waals surface area contributed by atoms with Crippen molar-refractivity contribution < 1.29 is 8.78 Å². The smallest absolute Gasteiger partial charge is 0.151 e. The molecule has 3 aromatic heterocycles. The number of imidazole rings is 1. The number of nitrogens with zero attached hydrogens (tertiary/aromatic N) is 7. The molecule has 2 aliphatic heterocycles. The molecule has 2 fully saturated rings. The number of halogens is 2. The van der Waals surface area contributed by atoms with Gasteiger partial charge in [0.05, 0.1) is 18.1 Å². The molecule has 0 amide bonds. The van der Waals surface area contributed by atoms with E-state index in [1.54, 1.807) is 12.1 Å². The molecule has 2 unspecified atom stereocenters. The summed E-state index contributed by atoms with van der Waals surface area (Å²) in [5, 5.41) is 0. The van der Waals surface area contributed by atoms with Crippen LogP contribution in [0.2, 0.25) is 0 Å². The maximum absolute atomic E-state index is 15.0. The Labute approximate surface area is 221 Å². The highest BCUT2D eigenvalue weighted by atomic mass is 19.1. The highest BCUT2D eigenvalue weighted by Crippen LogP contribution is 2.32. The number of pyridine rings is 1. The number of benzene rings is 1. The summed E-state index contributed by atoms with van der Waals surface area (Å²) in [6, 6.07) is 4.91. The minimum atomic E-state index is -0.502. The van der Waals surface area contributed by atoms with Crippen molar-refractivity contribution in [3.05, 3.63) is 71.3 Å². The van der Waals surface area contributed by atoms with Gasteiger partial charge in [-0.1, -0.05) is 0 Å². The second-order valence-electron chi connectivity index (χ2n) is 11.2. The summed E-state index contributed by atoms with van der Waals surface area (Å²) in [6.45, 7) is 11.4. The van der Waals surface area contributed by atoms with Gasteiger partial charge >= 0.3 is 0 Å². The number of rotatable bonds is 6. The van der Waals surface area contributed by atoms with Crippen LogP contribution in [0.25, 0.3) is 22.2 Å². The Morgan fingerprint density at radius 1 is 0.921 bits per heavy atom. The fraction of sp³-hybridized carbons (Fsp3) is 0.448. The van der Waals surface area contributed by atoms with Crippen LogP contribution in [0, 0.1) is 30.4 Å². The molecule has 0 N–H and O–H groups in total. The van der Waals surface area contributed by atoms with Crippen molar-refractivity contribution in [2.45, 2.75) is 39.8 Å². The zero-order chi connectivity index (χ0) is 26.6. The maximum atomic E-state index is 15.0. The molecule has 198 valence electrons. The number of hydrogen-bond acceptors (Lipinski definition) is 6.